The highest BCUT2D eigenvalue weighted by molar-refractivity contribution is 5.92. The van der Waals surface area contributed by atoms with Gasteiger partial charge in [-0.3, -0.25) is 9.78 Å². The van der Waals surface area contributed by atoms with Gasteiger partial charge in [-0.25, -0.2) is 9.78 Å². The van der Waals surface area contributed by atoms with E-state index in [-0.39, 0.29) is 17.5 Å². The van der Waals surface area contributed by atoms with Gasteiger partial charge in [0.05, 0.1) is 0 Å². The minimum Gasteiger partial charge on any atom is -0.337 e. The van der Waals surface area contributed by atoms with E-state index in [1.54, 1.807) is 23.5 Å². The minimum absolute atomic E-state index is 0.153. The number of rotatable bonds is 4. The molecule has 0 unspecified atom stereocenters. The fraction of sp³-hybridized carbons (Fsp3) is 0.333. The number of likely N-dealkylation sites (tertiary alicyclic amines) is 1. The molecule has 3 aromatic rings. The van der Waals surface area contributed by atoms with Gasteiger partial charge >= 0.3 is 5.69 Å². The second-order valence-electron chi connectivity index (χ2n) is 6.52. The van der Waals surface area contributed by atoms with Crippen LogP contribution >= 0.6 is 0 Å². The predicted molar refractivity (Wildman–Crippen MR) is 94.9 cm³/mol. The summed E-state index contributed by atoms with van der Waals surface area (Å²) < 4.78 is 2.13. The quantitative estimate of drug-likeness (QED) is 0.740. The van der Waals surface area contributed by atoms with Gasteiger partial charge in [0, 0.05) is 56.5 Å². The molecule has 0 aliphatic carbocycles. The van der Waals surface area contributed by atoms with Crippen LogP contribution in [0, 0.1) is 0 Å². The summed E-state index contributed by atoms with van der Waals surface area (Å²) in [7, 11) is 0. The number of aromatic nitrogens is 5. The Morgan fingerprint density at radius 3 is 2.88 bits per heavy atom. The molecule has 1 fully saturated rings. The van der Waals surface area contributed by atoms with Crippen molar-refractivity contribution in [1.82, 2.24) is 29.4 Å². The van der Waals surface area contributed by atoms with Gasteiger partial charge in [-0.1, -0.05) is 0 Å². The minimum atomic E-state index is -0.366. The molecule has 2 N–H and O–H groups in total. The first-order valence-electron chi connectivity index (χ1n) is 8.67. The lowest BCUT2D eigenvalue weighted by Crippen LogP contribution is -2.40. The molecule has 8 nitrogen and oxygen atoms in total. The van der Waals surface area contributed by atoms with Crippen LogP contribution < -0.4 is 5.69 Å². The SMILES string of the molecule is O=C(c1c[nH]c(=O)[nH]1)N1CCC[C@@H](c2nccn2Cc2ccncc2)C1. The van der Waals surface area contributed by atoms with E-state index in [0.717, 1.165) is 30.8 Å². The third-order valence-corrected chi connectivity index (χ3v) is 4.75. The van der Waals surface area contributed by atoms with E-state index in [0.29, 0.717) is 18.8 Å². The number of amides is 1. The third kappa shape index (κ3) is 3.30. The molecule has 26 heavy (non-hydrogen) atoms. The fourth-order valence-electron chi connectivity index (χ4n) is 3.49. The van der Waals surface area contributed by atoms with Crippen molar-refractivity contribution in [3.8, 4) is 0 Å². The normalized spacial score (nSPS) is 17.4. The van der Waals surface area contributed by atoms with Gasteiger partial charge in [-0.05, 0) is 30.5 Å². The highest BCUT2D eigenvalue weighted by Crippen LogP contribution is 2.27. The molecule has 4 heterocycles. The van der Waals surface area contributed by atoms with Crippen molar-refractivity contribution < 1.29 is 4.79 Å². The van der Waals surface area contributed by atoms with Crippen molar-refractivity contribution in [2.45, 2.75) is 25.3 Å². The molecule has 4 rings (SSSR count). The number of H-pyrrole nitrogens is 2. The van der Waals surface area contributed by atoms with Gasteiger partial charge in [0.25, 0.3) is 5.91 Å². The molecule has 134 valence electrons. The lowest BCUT2D eigenvalue weighted by atomic mass is 9.96. The van der Waals surface area contributed by atoms with Gasteiger partial charge in [-0.15, -0.1) is 0 Å². The third-order valence-electron chi connectivity index (χ3n) is 4.75. The van der Waals surface area contributed by atoms with Crippen molar-refractivity contribution in [3.63, 3.8) is 0 Å². The number of hydrogen-bond acceptors (Lipinski definition) is 4. The summed E-state index contributed by atoms with van der Waals surface area (Å²) in [5.41, 5.74) is 1.10. The molecule has 0 bridgehead atoms. The summed E-state index contributed by atoms with van der Waals surface area (Å²) in [4.78, 5) is 39.3. The zero-order valence-corrected chi connectivity index (χ0v) is 14.3. The van der Waals surface area contributed by atoms with E-state index in [1.807, 2.05) is 18.3 Å². The zero-order valence-electron chi connectivity index (χ0n) is 14.3. The highest BCUT2D eigenvalue weighted by Gasteiger charge is 2.28. The molecular formula is C18H20N6O2. The van der Waals surface area contributed by atoms with Crippen LogP contribution in [0.2, 0.25) is 0 Å². The van der Waals surface area contributed by atoms with Crippen molar-refractivity contribution in [2.24, 2.45) is 0 Å². The predicted octanol–water partition coefficient (Wildman–Crippen LogP) is 1.36. The Hall–Kier alpha value is -3.16. The highest BCUT2D eigenvalue weighted by atomic mass is 16.2. The monoisotopic (exact) mass is 352 g/mol. The van der Waals surface area contributed by atoms with E-state index in [2.05, 4.69) is 24.5 Å². The average molecular weight is 352 g/mol. The molecule has 1 aliphatic rings. The molecule has 0 radical (unpaired) electrons. The van der Waals surface area contributed by atoms with E-state index >= 15 is 0 Å². The van der Waals surface area contributed by atoms with E-state index in [1.165, 1.54) is 6.20 Å². The Labute approximate surface area is 149 Å². The maximum absolute atomic E-state index is 12.6. The molecule has 1 amide bonds. The Kier molecular flexibility index (Phi) is 4.39. The average Bonchev–Trinajstić information content (AvgIpc) is 3.31. The zero-order chi connectivity index (χ0) is 17.9. The number of nitrogens with one attached hydrogen (secondary N) is 2. The van der Waals surface area contributed by atoms with Crippen molar-refractivity contribution in [2.75, 3.05) is 13.1 Å². The topological polar surface area (TPSA) is 99.7 Å². The van der Waals surface area contributed by atoms with Gasteiger partial charge in [0.15, 0.2) is 0 Å². The van der Waals surface area contributed by atoms with Crippen LogP contribution in [0.15, 0.2) is 47.9 Å². The molecule has 3 aromatic heterocycles. The number of hydrogen-bond donors (Lipinski definition) is 2. The first-order valence-corrected chi connectivity index (χ1v) is 8.67. The summed E-state index contributed by atoms with van der Waals surface area (Å²) in [6.07, 6.45) is 10.7. The van der Waals surface area contributed by atoms with Crippen molar-refractivity contribution in [3.05, 3.63) is 70.7 Å². The maximum atomic E-state index is 12.6. The standard InChI is InChI=1S/C18H20N6O2/c25-17(15-10-21-18(26)22-15)24-8-1-2-14(12-24)16-20-7-9-23(16)11-13-3-5-19-6-4-13/h3-7,9-10,14H,1-2,8,11-12H2,(H2,21,22,26)/t14-/m1/s1. The molecule has 1 saturated heterocycles. The summed E-state index contributed by atoms with van der Waals surface area (Å²) in [6, 6.07) is 3.98. The second-order valence-corrected chi connectivity index (χ2v) is 6.52. The van der Waals surface area contributed by atoms with E-state index in [9.17, 15) is 9.59 Å². The number of nitrogens with zero attached hydrogens (tertiary/aromatic N) is 4. The van der Waals surface area contributed by atoms with Gasteiger partial charge in [0.1, 0.15) is 11.5 Å². The largest absolute Gasteiger partial charge is 0.337 e. The second kappa shape index (κ2) is 6.99. The molecule has 0 spiro atoms. The van der Waals surface area contributed by atoms with E-state index in [4.69, 9.17) is 0 Å². The van der Waals surface area contributed by atoms with Gasteiger partial charge in [0.2, 0.25) is 0 Å². The number of piperidine rings is 1. The summed E-state index contributed by atoms with van der Waals surface area (Å²) in [6.45, 7) is 2.01. The molecule has 0 aromatic carbocycles. The first kappa shape index (κ1) is 16.3. The van der Waals surface area contributed by atoms with Crippen LogP contribution in [0.25, 0.3) is 0 Å². The van der Waals surface area contributed by atoms with Crippen molar-refractivity contribution >= 4 is 5.91 Å². The summed E-state index contributed by atoms with van der Waals surface area (Å²) in [5, 5.41) is 0. The Balaban J connectivity index is 1.51. The van der Waals surface area contributed by atoms with E-state index < -0.39 is 0 Å². The number of aromatic amines is 2. The molecule has 1 atom stereocenters. The molecule has 0 saturated carbocycles. The number of carbonyl (C=O) groups excluding carboxylic acids is 1. The maximum Gasteiger partial charge on any atom is 0.323 e. The fourth-order valence-corrected chi connectivity index (χ4v) is 3.49. The number of imidazole rings is 2. The first-order chi connectivity index (χ1) is 12.7. The van der Waals surface area contributed by atoms with Crippen LogP contribution in [-0.2, 0) is 6.54 Å². The van der Waals surface area contributed by atoms with Crippen LogP contribution in [0.1, 0.15) is 40.6 Å². The Morgan fingerprint density at radius 2 is 2.12 bits per heavy atom. The summed E-state index contributed by atoms with van der Waals surface area (Å²) in [5.74, 6) is 1.01. The number of carbonyl (C=O) groups is 1. The van der Waals surface area contributed by atoms with Gasteiger partial charge in [-0.2, -0.15) is 0 Å². The van der Waals surface area contributed by atoms with Crippen LogP contribution in [0.4, 0.5) is 0 Å². The lowest BCUT2D eigenvalue weighted by molar-refractivity contribution is 0.0698. The van der Waals surface area contributed by atoms with Gasteiger partial charge < -0.3 is 19.4 Å². The summed E-state index contributed by atoms with van der Waals surface area (Å²) >= 11 is 0. The molecule has 1 aliphatic heterocycles. The molecule has 8 heteroatoms. The smallest absolute Gasteiger partial charge is 0.323 e. The number of pyridine rings is 1. The van der Waals surface area contributed by atoms with Crippen LogP contribution in [0.5, 0.6) is 0 Å². The Morgan fingerprint density at radius 1 is 1.27 bits per heavy atom. The molecular weight excluding hydrogens is 332 g/mol. The lowest BCUT2D eigenvalue weighted by Gasteiger charge is -2.32. The van der Waals surface area contributed by atoms with Crippen LogP contribution in [0.3, 0.4) is 0 Å². The van der Waals surface area contributed by atoms with Crippen LogP contribution in [-0.4, -0.2) is 48.4 Å². The Bertz CT molecular complexity index is 942. The van der Waals surface area contributed by atoms with Crippen molar-refractivity contribution in [1.29, 1.82) is 0 Å².